The number of hydrogen-bond acceptors (Lipinski definition) is 2. The molecule has 0 aliphatic rings. The quantitative estimate of drug-likeness (QED) is 0.891. The number of carbonyl (C=O) groups excluding carboxylic acids is 1. The molecule has 1 amide bonds. The van der Waals surface area contributed by atoms with Crippen molar-refractivity contribution in [2.24, 2.45) is 0 Å². The van der Waals surface area contributed by atoms with E-state index in [1.165, 1.54) is 29.4 Å². The van der Waals surface area contributed by atoms with E-state index in [2.05, 4.69) is 10.3 Å². The van der Waals surface area contributed by atoms with Crippen molar-refractivity contribution in [3.05, 3.63) is 54.1 Å². The predicted molar refractivity (Wildman–Crippen MR) is 60.9 cm³/mol. The zero-order valence-corrected chi connectivity index (χ0v) is 9.60. The molecule has 1 heterocycles. The van der Waals surface area contributed by atoms with E-state index in [4.69, 9.17) is 0 Å². The Kier molecular flexibility index (Phi) is 3.36. The lowest BCUT2D eigenvalue weighted by molar-refractivity contribution is 0.239. The van der Waals surface area contributed by atoms with Crippen molar-refractivity contribution in [2.45, 2.75) is 13.0 Å². The number of hydrogen-bond donors (Lipinski definition) is 1. The predicted octanol–water partition coefficient (Wildman–Crippen LogP) is 2.48. The van der Waals surface area contributed by atoms with E-state index >= 15 is 0 Å². The second-order valence-corrected chi connectivity index (χ2v) is 3.81. The van der Waals surface area contributed by atoms with Crippen molar-refractivity contribution in [1.82, 2.24) is 14.9 Å². The summed E-state index contributed by atoms with van der Waals surface area (Å²) in [6, 6.07) is 2.70. The fourth-order valence-corrected chi connectivity index (χ4v) is 1.50. The Balaban J connectivity index is 2.10. The lowest BCUT2D eigenvalue weighted by atomic mass is 10.1. The van der Waals surface area contributed by atoms with E-state index in [0.29, 0.717) is 5.56 Å². The summed E-state index contributed by atoms with van der Waals surface area (Å²) in [6.07, 6.45) is 4.32. The number of carbonyl (C=O) groups is 1. The largest absolute Gasteiger partial charge is 0.331 e. The Morgan fingerprint density at radius 1 is 1.39 bits per heavy atom. The fraction of sp³-hybridized carbons (Fsp3) is 0.167. The molecule has 1 aromatic carbocycles. The van der Waals surface area contributed by atoms with Crippen LogP contribution in [0.2, 0.25) is 0 Å². The summed E-state index contributed by atoms with van der Waals surface area (Å²) < 4.78 is 27.1. The van der Waals surface area contributed by atoms with Crippen LogP contribution in [-0.2, 0) is 0 Å². The normalized spacial score (nSPS) is 12.2. The van der Waals surface area contributed by atoms with Crippen molar-refractivity contribution in [3.63, 3.8) is 0 Å². The first-order valence-electron chi connectivity index (χ1n) is 5.31. The first-order chi connectivity index (χ1) is 8.58. The number of nitrogens with zero attached hydrogens (tertiary/aromatic N) is 2. The molecule has 0 spiro atoms. The summed E-state index contributed by atoms with van der Waals surface area (Å²) in [5.41, 5.74) is 0.488. The number of imidazole rings is 1. The molecule has 18 heavy (non-hydrogen) atoms. The van der Waals surface area contributed by atoms with Gasteiger partial charge < -0.3 is 5.32 Å². The summed E-state index contributed by atoms with van der Waals surface area (Å²) in [5.74, 6) is -1.84. The zero-order valence-electron chi connectivity index (χ0n) is 9.60. The minimum atomic E-state index is -0.934. The monoisotopic (exact) mass is 251 g/mol. The Bertz CT molecular complexity index is 554. The third-order valence-corrected chi connectivity index (χ3v) is 2.52. The van der Waals surface area contributed by atoms with Crippen LogP contribution >= 0.6 is 0 Å². The lowest BCUT2D eigenvalue weighted by Crippen LogP contribution is -2.30. The van der Waals surface area contributed by atoms with Crippen molar-refractivity contribution in [3.8, 4) is 0 Å². The fourth-order valence-electron chi connectivity index (χ4n) is 1.50. The van der Waals surface area contributed by atoms with E-state index in [1.807, 2.05) is 0 Å². The highest BCUT2D eigenvalue weighted by Gasteiger charge is 2.12. The van der Waals surface area contributed by atoms with Gasteiger partial charge in [0.25, 0.3) is 0 Å². The summed E-state index contributed by atoms with van der Waals surface area (Å²) in [7, 11) is 0. The van der Waals surface area contributed by atoms with E-state index in [9.17, 15) is 13.6 Å². The van der Waals surface area contributed by atoms with Gasteiger partial charge in [0, 0.05) is 12.4 Å². The van der Waals surface area contributed by atoms with E-state index in [1.54, 1.807) is 6.92 Å². The Morgan fingerprint density at radius 3 is 2.78 bits per heavy atom. The van der Waals surface area contributed by atoms with Crippen molar-refractivity contribution >= 4 is 6.03 Å². The van der Waals surface area contributed by atoms with E-state index in [-0.39, 0.29) is 6.03 Å². The molecule has 6 heteroatoms. The number of nitrogens with one attached hydrogen (secondary N) is 1. The molecule has 0 aliphatic heterocycles. The van der Waals surface area contributed by atoms with Gasteiger partial charge in [-0.15, -0.1) is 0 Å². The third-order valence-electron chi connectivity index (χ3n) is 2.52. The topological polar surface area (TPSA) is 46.9 Å². The Labute approximate surface area is 102 Å². The molecular formula is C12H11F2N3O. The smallest absolute Gasteiger partial charge is 0.327 e. The number of rotatable bonds is 2. The molecule has 2 aromatic rings. The van der Waals surface area contributed by atoms with Gasteiger partial charge >= 0.3 is 6.03 Å². The second-order valence-electron chi connectivity index (χ2n) is 3.81. The zero-order chi connectivity index (χ0) is 13.1. The van der Waals surface area contributed by atoms with Crippen molar-refractivity contribution < 1.29 is 13.6 Å². The molecule has 94 valence electrons. The molecule has 1 N–H and O–H groups in total. The molecule has 0 saturated carbocycles. The van der Waals surface area contributed by atoms with E-state index in [0.717, 1.165) is 12.1 Å². The highest BCUT2D eigenvalue weighted by atomic mass is 19.2. The summed E-state index contributed by atoms with van der Waals surface area (Å²) in [5, 5.41) is 2.64. The molecule has 1 atom stereocenters. The van der Waals surface area contributed by atoms with Gasteiger partial charge in [0.05, 0.1) is 6.04 Å². The van der Waals surface area contributed by atoms with Crippen LogP contribution in [0.25, 0.3) is 0 Å². The number of amides is 1. The minimum Gasteiger partial charge on any atom is -0.331 e. The molecular weight excluding hydrogens is 240 g/mol. The van der Waals surface area contributed by atoms with Crippen molar-refractivity contribution in [1.29, 1.82) is 0 Å². The van der Waals surface area contributed by atoms with Crippen LogP contribution in [0, 0.1) is 11.6 Å². The van der Waals surface area contributed by atoms with Crippen LogP contribution < -0.4 is 5.32 Å². The summed E-state index contributed by atoms with van der Waals surface area (Å²) in [6.45, 7) is 1.68. The average Bonchev–Trinajstić information content (AvgIpc) is 2.86. The highest BCUT2D eigenvalue weighted by Crippen LogP contribution is 2.15. The average molecular weight is 251 g/mol. The van der Waals surface area contributed by atoms with Crippen LogP contribution in [0.5, 0.6) is 0 Å². The molecule has 0 saturated heterocycles. The maximum atomic E-state index is 13.0. The maximum absolute atomic E-state index is 13.0. The van der Waals surface area contributed by atoms with Crippen LogP contribution in [0.4, 0.5) is 13.6 Å². The number of aromatic nitrogens is 2. The maximum Gasteiger partial charge on any atom is 0.327 e. The molecule has 0 fully saturated rings. The summed E-state index contributed by atoms with van der Waals surface area (Å²) in [4.78, 5) is 15.4. The van der Waals surface area contributed by atoms with Gasteiger partial charge in [0.2, 0.25) is 0 Å². The van der Waals surface area contributed by atoms with Gasteiger partial charge in [-0.2, -0.15) is 0 Å². The van der Waals surface area contributed by atoms with Crippen LogP contribution in [0.15, 0.2) is 36.9 Å². The van der Waals surface area contributed by atoms with Gasteiger partial charge in [-0.05, 0) is 24.6 Å². The first-order valence-corrected chi connectivity index (χ1v) is 5.31. The van der Waals surface area contributed by atoms with Gasteiger partial charge in [-0.3, -0.25) is 4.57 Å². The molecule has 0 bridgehead atoms. The molecule has 1 aromatic heterocycles. The molecule has 2 rings (SSSR count). The Hall–Kier alpha value is -2.24. The molecule has 4 nitrogen and oxygen atoms in total. The number of benzene rings is 1. The molecule has 0 radical (unpaired) electrons. The minimum absolute atomic E-state index is 0.385. The SMILES string of the molecule is CC(NC(=O)n1ccnc1)c1ccc(F)c(F)c1. The van der Waals surface area contributed by atoms with Crippen LogP contribution in [0.1, 0.15) is 18.5 Å². The van der Waals surface area contributed by atoms with Gasteiger partial charge in [-0.25, -0.2) is 18.6 Å². The van der Waals surface area contributed by atoms with Gasteiger partial charge in [0.15, 0.2) is 11.6 Å². The lowest BCUT2D eigenvalue weighted by Gasteiger charge is -2.14. The summed E-state index contributed by atoms with van der Waals surface area (Å²) >= 11 is 0. The molecule has 0 aliphatic carbocycles. The second kappa shape index (κ2) is 4.95. The van der Waals surface area contributed by atoms with Gasteiger partial charge in [-0.1, -0.05) is 6.07 Å². The number of halogens is 2. The van der Waals surface area contributed by atoms with Gasteiger partial charge in [0.1, 0.15) is 6.33 Å². The first kappa shape index (κ1) is 12.2. The third kappa shape index (κ3) is 2.53. The Morgan fingerprint density at radius 2 is 2.17 bits per heavy atom. The standard InChI is InChI=1S/C12H11F2N3O/c1-8(9-2-3-10(13)11(14)6-9)16-12(18)17-5-4-15-7-17/h2-8H,1H3,(H,16,18). The van der Waals surface area contributed by atoms with E-state index < -0.39 is 17.7 Å². The van der Waals surface area contributed by atoms with Crippen molar-refractivity contribution in [2.75, 3.05) is 0 Å². The van der Waals surface area contributed by atoms with Crippen LogP contribution in [0.3, 0.4) is 0 Å². The van der Waals surface area contributed by atoms with Crippen LogP contribution in [-0.4, -0.2) is 15.6 Å². The highest BCUT2D eigenvalue weighted by molar-refractivity contribution is 5.76. The molecule has 1 unspecified atom stereocenters.